The maximum Gasteiger partial charge on any atom is 0.416 e. The topological polar surface area (TPSA) is 87.3 Å². The smallest absolute Gasteiger partial charge is 0.325 e. The van der Waals surface area contributed by atoms with Crippen molar-refractivity contribution < 1.29 is 27.6 Å². The first-order valence-electron chi connectivity index (χ1n) is 12.3. The first-order valence-corrected chi connectivity index (χ1v) is 13.3. The predicted molar refractivity (Wildman–Crippen MR) is 154 cm³/mol. The summed E-state index contributed by atoms with van der Waals surface area (Å²) in [6, 6.07) is 28.7. The number of amides is 3. The molecule has 10 heteroatoms. The van der Waals surface area contributed by atoms with E-state index >= 15 is 0 Å². The average Bonchev–Trinajstić information content (AvgIpc) is 2.96. The summed E-state index contributed by atoms with van der Waals surface area (Å²) in [5.74, 6) is -1.55. The largest absolute Gasteiger partial charge is 0.416 e. The van der Waals surface area contributed by atoms with E-state index in [0.717, 1.165) is 23.9 Å². The Labute approximate surface area is 238 Å². The lowest BCUT2D eigenvalue weighted by molar-refractivity contribution is -0.137. The molecule has 6 nitrogen and oxygen atoms in total. The van der Waals surface area contributed by atoms with Gasteiger partial charge in [0.2, 0.25) is 5.91 Å². The normalized spacial score (nSPS) is 11.4. The Hall–Kier alpha value is -4.83. The van der Waals surface area contributed by atoms with Gasteiger partial charge in [-0.15, -0.1) is 11.8 Å². The van der Waals surface area contributed by atoms with Crippen molar-refractivity contribution in [2.45, 2.75) is 11.1 Å². The Morgan fingerprint density at radius 3 is 2.05 bits per heavy atom. The van der Waals surface area contributed by atoms with Gasteiger partial charge in [-0.05, 0) is 60.2 Å². The Kier molecular flexibility index (Phi) is 9.60. The first-order chi connectivity index (χ1) is 19.7. The molecule has 0 unspecified atom stereocenters. The van der Waals surface area contributed by atoms with E-state index in [1.807, 2.05) is 18.2 Å². The van der Waals surface area contributed by atoms with Crippen LogP contribution in [0.2, 0.25) is 0 Å². The fraction of sp³-hybridized carbons (Fsp3) is 0.0645. The number of alkyl halides is 3. The van der Waals surface area contributed by atoms with Gasteiger partial charge in [0, 0.05) is 21.8 Å². The Balaban J connectivity index is 1.41. The van der Waals surface area contributed by atoms with E-state index in [2.05, 4.69) is 16.0 Å². The van der Waals surface area contributed by atoms with Crippen LogP contribution in [-0.4, -0.2) is 23.5 Å². The van der Waals surface area contributed by atoms with E-state index in [1.165, 1.54) is 12.1 Å². The molecule has 3 amide bonds. The van der Waals surface area contributed by atoms with Gasteiger partial charge in [0.15, 0.2) is 0 Å². The van der Waals surface area contributed by atoms with Crippen LogP contribution in [0.25, 0.3) is 6.08 Å². The minimum absolute atomic E-state index is 0.0311. The van der Waals surface area contributed by atoms with Gasteiger partial charge < -0.3 is 16.0 Å². The van der Waals surface area contributed by atoms with E-state index < -0.39 is 29.5 Å². The molecular weight excluding hydrogens is 551 g/mol. The first kappa shape index (κ1) is 29.2. The van der Waals surface area contributed by atoms with Gasteiger partial charge in [-0.25, -0.2) is 0 Å². The van der Waals surface area contributed by atoms with Gasteiger partial charge in [-0.3, -0.25) is 14.4 Å². The van der Waals surface area contributed by atoms with Gasteiger partial charge >= 0.3 is 6.18 Å². The molecule has 0 aliphatic rings. The van der Waals surface area contributed by atoms with Crippen molar-refractivity contribution >= 4 is 46.9 Å². The van der Waals surface area contributed by atoms with Crippen LogP contribution in [0.4, 0.5) is 24.5 Å². The molecule has 0 fully saturated rings. The third kappa shape index (κ3) is 8.84. The maximum absolute atomic E-state index is 13.2. The number of nitrogens with one attached hydrogen (secondary N) is 3. The molecule has 0 aliphatic carbocycles. The number of hydrogen-bond acceptors (Lipinski definition) is 4. The zero-order chi connectivity index (χ0) is 29.2. The molecule has 0 saturated heterocycles. The van der Waals surface area contributed by atoms with Crippen LogP contribution in [0.5, 0.6) is 0 Å². The summed E-state index contributed by atoms with van der Waals surface area (Å²) < 4.78 is 38.8. The van der Waals surface area contributed by atoms with Crippen molar-refractivity contribution in [3.8, 4) is 0 Å². The number of carbonyl (C=O) groups excluding carboxylic acids is 3. The summed E-state index contributed by atoms with van der Waals surface area (Å²) in [5, 5.41) is 7.90. The Morgan fingerprint density at radius 2 is 1.37 bits per heavy atom. The molecule has 3 N–H and O–H groups in total. The number of hydrogen-bond donors (Lipinski definition) is 3. The van der Waals surface area contributed by atoms with Gasteiger partial charge in [0.05, 0.1) is 11.3 Å². The van der Waals surface area contributed by atoms with Crippen molar-refractivity contribution in [3.63, 3.8) is 0 Å². The van der Waals surface area contributed by atoms with Crippen molar-refractivity contribution in [2.24, 2.45) is 0 Å². The summed E-state index contributed by atoms with van der Waals surface area (Å²) in [6.45, 7) is 0. The number of rotatable bonds is 9. The third-order valence-corrected chi connectivity index (χ3v) is 6.57. The van der Waals surface area contributed by atoms with Crippen LogP contribution in [-0.2, 0) is 15.8 Å². The molecule has 0 spiro atoms. The van der Waals surface area contributed by atoms with Gasteiger partial charge in [0.25, 0.3) is 11.8 Å². The van der Waals surface area contributed by atoms with Crippen molar-refractivity contribution in [3.05, 3.63) is 132 Å². The molecule has 4 aromatic carbocycles. The van der Waals surface area contributed by atoms with Gasteiger partial charge in [0.1, 0.15) is 5.70 Å². The number of thioether (sulfide) groups is 1. The lowest BCUT2D eigenvalue weighted by atomic mass is 10.1. The molecular formula is C31H24F3N3O3S. The lowest BCUT2D eigenvalue weighted by Crippen LogP contribution is -2.30. The molecule has 41 heavy (non-hydrogen) atoms. The summed E-state index contributed by atoms with van der Waals surface area (Å²) in [5.41, 5.74) is 0.742. The van der Waals surface area contributed by atoms with Crippen molar-refractivity contribution in [1.82, 2.24) is 5.32 Å². The highest BCUT2D eigenvalue weighted by Crippen LogP contribution is 2.31. The Morgan fingerprint density at radius 1 is 0.732 bits per heavy atom. The Bertz CT molecular complexity index is 1560. The predicted octanol–water partition coefficient (Wildman–Crippen LogP) is 6.85. The number of carbonyl (C=O) groups is 3. The number of halogens is 3. The van der Waals surface area contributed by atoms with Gasteiger partial charge in [-0.2, -0.15) is 13.2 Å². The summed E-state index contributed by atoms with van der Waals surface area (Å²) >= 11 is 1.15. The third-order valence-electron chi connectivity index (χ3n) is 5.57. The molecule has 0 atom stereocenters. The van der Waals surface area contributed by atoms with E-state index in [0.29, 0.717) is 21.7 Å². The molecule has 208 valence electrons. The van der Waals surface area contributed by atoms with Crippen LogP contribution in [0.15, 0.2) is 120 Å². The van der Waals surface area contributed by atoms with E-state index in [1.54, 1.807) is 72.8 Å². The molecule has 0 aliphatic heterocycles. The maximum atomic E-state index is 13.2. The molecule has 0 radical (unpaired) electrons. The fourth-order valence-electron chi connectivity index (χ4n) is 3.64. The van der Waals surface area contributed by atoms with Crippen LogP contribution < -0.4 is 16.0 Å². The van der Waals surface area contributed by atoms with Crippen LogP contribution in [0.1, 0.15) is 21.5 Å². The summed E-state index contributed by atoms with van der Waals surface area (Å²) in [4.78, 5) is 39.0. The quantitative estimate of drug-likeness (QED) is 0.151. The molecule has 0 bridgehead atoms. The van der Waals surface area contributed by atoms with Gasteiger partial charge in [-0.1, -0.05) is 60.7 Å². The van der Waals surface area contributed by atoms with Crippen molar-refractivity contribution in [1.29, 1.82) is 0 Å². The highest BCUT2D eigenvalue weighted by molar-refractivity contribution is 8.00. The minimum atomic E-state index is -4.51. The summed E-state index contributed by atoms with van der Waals surface area (Å²) in [7, 11) is 0. The molecule has 0 saturated carbocycles. The van der Waals surface area contributed by atoms with E-state index in [-0.39, 0.29) is 17.1 Å². The zero-order valence-electron chi connectivity index (χ0n) is 21.4. The molecule has 0 aromatic heterocycles. The monoisotopic (exact) mass is 575 g/mol. The van der Waals surface area contributed by atoms with Crippen LogP contribution in [0.3, 0.4) is 0 Å². The van der Waals surface area contributed by atoms with Crippen molar-refractivity contribution in [2.75, 3.05) is 16.4 Å². The number of anilines is 2. The molecule has 4 rings (SSSR count). The lowest BCUT2D eigenvalue weighted by Gasteiger charge is -2.12. The second-order valence-corrected chi connectivity index (χ2v) is 9.73. The standard InChI is InChI=1S/C31H24F3N3O3S/c32-31(33,34)23-13-7-14-24(18-23)35-28(38)20-41-26-16-8-15-25(19-26)36-30(40)27(17-21-9-3-1-4-10-21)37-29(39)22-11-5-2-6-12-22/h1-19H,20H2,(H,35,38)(H,36,40)(H,37,39)/b27-17-. The number of benzene rings is 4. The second-order valence-electron chi connectivity index (χ2n) is 8.69. The van der Waals surface area contributed by atoms with E-state index in [4.69, 9.17) is 0 Å². The van der Waals surface area contributed by atoms with Crippen LogP contribution in [0, 0.1) is 0 Å². The van der Waals surface area contributed by atoms with Crippen LogP contribution >= 0.6 is 11.8 Å². The highest BCUT2D eigenvalue weighted by Gasteiger charge is 2.30. The fourth-order valence-corrected chi connectivity index (χ4v) is 4.39. The van der Waals surface area contributed by atoms with E-state index in [9.17, 15) is 27.6 Å². The molecule has 0 heterocycles. The summed E-state index contributed by atoms with van der Waals surface area (Å²) in [6.07, 6.45) is -2.95. The SMILES string of the molecule is O=C(CSc1cccc(NC(=O)/C(=C/c2ccccc2)NC(=O)c2ccccc2)c1)Nc1cccc(C(F)(F)F)c1. The second kappa shape index (κ2) is 13.5. The molecule has 4 aromatic rings. The highest BCUT2D eigenvalue weighted by atomic mass is 32.2. The average molecular weight is 576 g/mol. The minimum Gasteiger partial charge on any atom is -0.325 e. The zero-order valence-corrected chi connectivity index (χ0v) is 22.3.